The molecule has 1 aromatic rings. The highest BCUT2D eigenvalue weighted by atomic mass is 16.5. The van der Waals surface area contributed by atoms with Crippen LogP contribution in [-0.4, -0.2) is 40.5 Å². The predicted octanol–water partition coefficient (Wildman–Crippen LogP) is -0.131. The molecule has 1 heterocycles. The Kier molecular flexibility index (Phi) is 2.46. The molecular weight excluding hydrogens is 208 g/mol. The van der Waals surface area contributed by atoms with Gasteiger partial charge in [0.2, 0.25) is 0 Å². The van der Waals surface area contributed by atoms with Gasteiger partial charge in [0.1, 0.15) is 0 Å². The number of anilines is 1. The SMILES string of the molecule is Cc1ccccc1N1C(=O)C(O)(O)CN1C. The number of β-amino-alcohol motifs (C(OH)–C–C–N with tert-alkyl or cyclic N) is 2. The van der Waals surface area contributed by atoms with Crippen molar-refractivity contribution in [3.05, 3.63) is 29.8 Å². The van der Waals surface area contributed by atoms with Gasteiger partial charge in [0.05, 0.1) is 12.2 Å². The molecule has 0 aromatic heterocycles. The molecule has 16 heavy (non-hydrogen) atoms. The average Bonchev–Trinajstić information content (AvgIpc) is 2.39. The number of likely N-dealkylation sites (N-methyl/N-ethyl adjacent to an activating group) is 1. The number of rotatable bonds is 1. The quantitative estimate of drug-likeness (QED) is 0.650. The lowest BCUT2D eigenvalue weighted by molar-refractivity contribution is -0.172. The second kappa shape index (κ2) is 3.55. The van der Waals surface area contributed by atoms with Crippen LogP contribution in [-0.2, 0) is 4.79 Å². The van der Waals surface area contributed by atoms with Crippen molar-refractivity contribution in [3.8, 4) is 0 Å². The molecule has 0 unspecified atom stereocenters. The molecule has 5 heteroatoms. The zero-order valence-corrected chi connectivity index (χ0v) is 9.21. The summed E-state index contributed by atoms with van der Waals surface area (Å²) in [7, 11) is 1.64. The lowest BCUT2D eigenvalue weighted by Gasteiger charge is -2.24. The molecule has 1 fully saturated rings. The van der Waals surface area contributed by atoms with Crippen LogP contribution in [0.4, 0.5) is 5.69 Å². The summed E-state index contributed by atoms with van der Waals surface area (Å²) >= 11 is 0. The molecule has 1 saturated heterocycles. The van der Waals surface area contributed by atoms with Crippen LogP contribution >= 0.6 is 0 Å². The van der Waals surface area contributed by atoms with Crippen molar-refractivity contribution in [1.82, 2.24) is 5.01 Å². The summed E-state index contributed by atoms with van der Waals surface area (Å²) in [6.07, 6.45) is 0. The van der Waals surface area contributed by atoms with Crippen LogP contribution in [0, 0.1) is 6.92 Å². The van der Waals surface area contributed by atoms with E-state index >= 15 is 0 Å². The van der Waals surface area contributed by atoms with Crippen molar-refractivity contribution in [2.45, 2.75) is 12.7 Å². The molecular formula is C11H14N2O3. The molecule has 1 aliphatic rings. The lowest BCUT2D eigenvalue weighted by atomic mass is 10.2. The van der Waals surface area contributed by atoms with Crippen LogP contribution in [0.1, 0.15) is 5.56 Å². The van der Waals surface area contributed by atoms with E-state index in [2.05, 4.69) is 0 Å². The van der Waals surface area contributed by atoms with Crippen molar-refractivity contribution < 1.29 is 15.0 Å². The van der Waals surface area contributed by atoms with Crippen LogP contribution in [0.3, 0.4) is 0 Å². The van der Waals surface area contributed by atoms with Crippen molar-refractivity contribution in [1.29, 1.82) is 0 Å². The highest BCUT2D eigenvalue weighted by molar-refractivity contribution is 6.00. The fourth-order valence-electron chi connectivity index (χ4n) is 1.88. The van der Waals surface area contributed by atoms with Gasteiger partial charge in [-0.25, -0.2) is 10.0 Å². The van der Waals surface area contributed by atoms with E-state index in [0.29, 0.717) is 5.69 Å². The van der Waals surface area contributed by atoms with Crippen LogP contribution in [0.2, 0.25) is 0 Å². The Hall–Kier alpha value is -1.43. The third-order valence-electron chi connectivity index (χ3n) is 2.67. The van der Waals surface area contributed by atoms with E-state index in [4.69, 9.17) is 0 Å². The summed E-state index contributed by atoms with van der Waals surface area (Å²) in [4.78, 5) is 11.8. The number of hydrogen-bond donors (Lipinski definition) is 2. The number of nitrogens with zero attached hydrogens (tertiary/aromatic N) is 2. The first-order valence-corrected chi connectivity index (χ1v) is 4.99. The molecule has 86 valence electrons. The standard InChI is InChI=1S/C11H14N2O3/c1-8-5-3-4-6-9(8)13-10(14)11(15,16)7-12(13)2/h3-6,15-16H,7H2,1-2H3. The van der Waals surface area contributed by atoms with Gasteiger partial charge < -0.3 is 10.2 Å². The molecule has 1 amide bonds. The zero-order chi connectivity index (χ0) is 11.9. The van der Waals surface area contributed by atoms with E-state index in [1.54, 1.807) is 19.2 Å². The summed E-state index contributed by atoms with van der Waals surface area (Å²) in [5, 5.41) is 21.7. The minimum absolute atomic E-state index is 0.125. The Morgan fingerprint density at radius 1 is 1.31 bits per heavy atom. The molecule has 0 atom stereocenters. The van der Waals surface area contributed by atoms with E-state index in [0.717, 1.165) is 5.56 Å². The Morgan fingerprint density at radius 3 is 2.44 bits per heavy atom. The van der Waals surface area contributed by atoms with E-state index in [1.807, 2.05) is 19.1 Å². The number of hydrazine groups is 1. The van der Waals surface area contributed by atoms with Crippen molar-refractivity contribution in [3.63, 3.8) is 0 Å². The number of carbonyl (C=O) groups excluding carboxylic acids is 1. The molecule has 0 radical (unpaired) electrons. The summed E-state index contributed by atoms with van der Waals surface area (Å²) in [5.74, 6) is -3.01. The highest BCUT2D eigenvalue weighted by Gasteiger charge is 2.48. The van der Waals surface area contributed by atoms with Crippen LogP contribution < -0.4 is 5.01 Å². The van der Waals surface area contributed by atoms with Gasteiger partial charge in [0.25, 0.3) is 5.79 Å². The summed E-state index contributed by atoms with van der Waals surface area (Å²) < 4.78 is 0. The van der Waals surface area contributed by atoms with E-state index in [9.17, 15) is 15.0 Å². The largest absolute Gasteiger partial charge is 0.357 e. The Bertz CT molecular complexity index is 431. The number of benzene rings is 1. The van der Waals surface area contributed by atoms with Gasteiger partial charge in [-0.3, -0.25) is 4.79 Å². The number of aliphatic hydroxyl groups is 2. The van der Waals surface area contributed by atoms with Gasteiger partial charge in [-0.05, 0) is 18.6 Å². The maximum absolute atomic E-state index is 11.8. The number of aryl methyl sites for hydroxylation is 1. The molecule has 2 N–H and O–H groups in total. The number of carbonyl (C=O) groups is 1. The van der Waals surface area contributed by atoms with E-state index in [1.165, 1.54) is 10.0 Å². The van der Waals surface area contributed by atoms with Gasteiger partial charge in [-0.15, -0.1) is 0 Å². The number of amides is 1. The summed E-state index contributed by atoms with van der Waals surface area (Å²) in [6, 6.07) is 7.30. The third-order valence-corrected chi connectivity index (χ3v) is 2.67. The van der Waals surface area contributed by atoms with Gasteiger partial charge in [-0.1, -0.05) is 18.2 Å². The van der Waals surface area contributed by atoms with Crippen molar-refractivity contribution in [2.75, 3.05) is 18.6 Å². The fraction of sp³-hybridized carbons (Fsp3) is 0.364. The minimum Gasteiger partial charge on any atom is -0.357 e. The molecule has 0 saturated carbocycles. The zero-order valence-electron chi connectivity index (χ0n) is 9.21. The maximum Gasteiger partial charge on any atom is 0.302 e. The molecule has 0 spiro atoms. The normalized spacial score (nSPS) is 20.5. The molecule has 2 rings (SSSR count). The maximum atomic E-state index is 11.8. The Balaban J connectivity index is 2.43. The molecule has 0 bridgehead atoms. The van der Waals surface area contributed by atoms with Gasteiger partial charge in [-0.2, -0.15) is 0 Å². The second-order valence-corrected chi connectivity index (χ2v) is 4.04. The monoisotopic (exact) mass is 222 g/mol. The smallest absolute Gasteiger partial charge is 0.302 e. The first-order chi connectivity index (χ1) is 7.43. The van der Waals surface area contributed by atoms with Crippen molar-refractivity contribution >= 4 is 11.6 Å². The van der Waals surface area contributed by atoms with E-state index < -0.39 is 11.7 Å². The van der Waals surface area contributed by atoms with Crippen LogP contribution in [0.5, 0.6) is 0 Å². The molecule has 5 nitrogen and oxygen atoms in total. The minimum atomic E-state index is -2.29. The van der Waals surface area contributed by atoms with Gasteiger partial charge in [0.15, 0.2) is 0 Å². The van der Waals surface area contributed by atoms with Crippen LogP contribution in [0.25, 0.3) is 0 Å². The number of hydrogen-bond acceptors (Lipinski definition) is 4. The number of para-hydroxylation sites is 1. The molecule has 0 aliphatic carbocycles. The van der Waals surface area contributed by atoms with Gasteiger partial charge in [0, 0.05) is 7.05 Å². The van der Waals surface area contributed by atoms with Crippen molar-refractivity contribution in [2.24, 2.45) is 0 Å². The lowest BCUT2D eigenvalue weighted by Crippen LogP contribution is -2.42. The predicted molar refractivity (Wildman–Crippen MR) is 58.5 cm³/mol. The first kappa shape index (κ1) is 11.1. The van der Waals surface area contributed by atoms with E-state index in [-0.39, 0.29) is 6.54 Å². The van der Waals surface area contributed by atoms with Gasteiger partial charge >= 0.3 is 5.91 Å². The fourth-order valence-corrected chi connectivity index (χ4v) is 1.88. The topological polar surface area (TPSA) is 64.0 Å². The Labute approximate surface area is 93.5 Å². The van der Waals surface area contributed by atoms with Crippen LogP contribution in [0.15, 0.2) is 24.3 Å². The Morgan fingerprint density at radius 2 is 1.94 bits per heavy atom. The summed E-state index contributed by atoms with van der Waals surface area (Å²) in [5.41, 5.74) is 1.57. The molecule has 1 aromatic carbocycles. The average molecular weight is 222 g/mol. The second-order valence-electron chi connectivity index (χ2n) is 4.04. The highest BCUT2D eigenvalue weighted by Crippen LogP contribution is 2.28. The summed E-state index contributed by atoms with van der Waals surface area (Å²) in [6.45, 7) is 1.74. The third kappa shape index (κ3) is 1.59. The first-order valence-electron chi connectivity index (χ1n) is 4.99. The molecule has 1 aliphatic heterocycles.